The SMILES string of the molecule is CNCCCN(C)C(=O)c1cc2ccccc2s1. The number of carbonyl (C=O) groups is 1. The van der Waals surface area contributed by atoms with Crippen LogP contribution in [-0.2, 0) is 0 Å². The van der Waals surface area contributed by atoms with Crippen LogP contribution in [0.3, 0.4) is 0 Å². The smallest absolute Gasteiger partial charge is 0.263 e. The van der Waals surface area contributed by atoms with E-state index in [-0.39, 0.29) is 5.91 Å². The first-order valence-electron chi connectivity index (χ1n) is 6.11. The number of carbonyl (C=O) groups excluding carboxylic acids is 1. The molecule has 96 valence electrons. The topological polar surface area (TPSA) is 32.3 Å². The third kappa shape index (κ3) is 2.89. The average molecular weight is 262 g/mol. The summed E-state index contributed by atoms with van der Waals surface area (Å²) in [7, 11) is 3.79. The molecule has 2 rings (SSSR count). The van der Waals surface area contributed by atoms with E-state index < -0.39 is 0 Å². The number of amides is 1. The molecule has 0 aliphatic heterocycles. The fourth-order valence-corrected chi connectivity index (χ4v) is 2.93. The molecule has 0 atom stereocenters. The largest absolute Gasteiger partial charge is 0.341 e. The minimum atomic E-state index is 0.118. The van der Waals surface area contributed by atoms with Gasteiger partial charge in [-0.1, -0.05) is 18.2 Å². The van der Waals surface area contributed by atoms with E-state index in [1.54, 1.807) is 16.2 Å². The maximum atomic E-state index is 12.2. The predicted molar refractivity (Wildman–Crippen MR) is 77.3 cm³/mol. The summed E-state index contributed by atoms with van der Waals surface area (Å²) in [5.41, 5.74) is 0. The third-order valence-corrected chi connectivity index (χ3v) is 4.01. The number of benzene rings is 1. The van der Waals surface area contributed by atoms with Crippen LogP contribution in [0.4, 0.5) is 0 Å². The summed E-state index contributed by atoms with van der Waals surface area (Å²) in [5, 5.41) is 4.24. The first-order valence-corrected chi connectivity index (χ1v) is 6.92. The number of nitrogens with zero attached hydrogens (tertiary/aromatic N) is 1. The van der Waals surface area contributed by atoms with Crippen molar-refractivity contribution in [3.63, 3.8) is 0 Å². The lowest BCUT2D eigenvalue weighted by molar-refractivity contribution is 0.0798. The molecule has 1 heterocycles. The molecule has 4 heteroatoms. The van der Waals surface area contributed by atoms with Crippen LogP contribution in [0.15, 0.2) is 30.3 Å². The maximum Gasteiger partial charge on any atom is 0.263 e. The van der Waals surface area contributed by atoms with Crippen LogP contribution < -0.4 is 5.32 Å². The molecule has 3 nitrogen and oxygen atoms in total. The first-order chi connectivity index (χ1) is 8.72. The van der Waals surface area contributed by atoms with Crippen LogP contribution in [0.25, 0.3) is 10.1 Å². The Hall–Kier alpha value is -1.39. The number of nitrogens with one attached hydrogen (secondary N) is 1. The summed E-state index contributed by atoms with van der Waals surface area (Å²) >= 11 is 1.57. The van der Waals surface area contributed by atoms with E-state index in [2.05, 4.69) is 11.4 Å². The van der Waals surface area contributed by atoms with Gasteiger partial charge < -0.3 is 10.2 Å². The maximum absolute atomic E-state index is 12.2. The summed E-state index contributed by atoms with van der Waals surface area (Å²) in [6.45, 7) is 1.72. The van der Waals surface area contributed by atoms with E-state index in [9.17, 15) is 4.79 Å². The molecule has 0 aliphatic rings. The van der Waals surface area contributed by atoms with Crippen molar-refractivity contribution in [2.24, 2.45) is 0 Å². The zero-order valence-electron chi connectivity index (χ0n) is 10.8. The zero-order valence-corrected chi connectivity index (χ0v) is 11.6. The Morgan fingerprint density at radius 1 is 1.39 bits per heavy atom. The second-order valence-corrected chi connectivity index (χ2v) is 5.42. The summed E-state index contributed by atoms with van der Waals surface area (Å²) in [6.07, 6.45) is 0.976. The quantitative estimate of drug-likeness (QED) is 0.840. The number of rotatable bonds is 5. The number of thiophene rings is 1. The van der Waals surface area contributed by atoms with Gasteiger partial charge in [-0.15, -0.1) is 11.3 Å². The van der Waals surface area contributed by atoms with Crippen molar-refractivity contribution in [2.45, 2.75) is 6.42 Å². The van der Waals surface area contributed by atoms with Crippen molar-refractivity contribution in [1.82, 2.24) is 10.2 Å². The lowest BCUT2D eigenvalue weighted by Crippen LogP contribution is -2.28. The molecule has 0 spiro atoms. The van der Waals surface area contributed by atoms with E-state index >= 15 is 0 Å². The van der Waals surface area contributed by atoms with E-state index in [4.69, 9.17) is 0 Å². The Balaban J connectivity index is 2.08. The lowest BCUT2D eigenvalue weighted by Gasteiger charge is -2.15. The molecule has 0 aliphatic carbocycles. The van der Waals surface area contributed by atoms with Crippen LogP contribution in [0.5, 0.6) is 0 Å². The predicted octanol–water partition coefficient (Wildman–Crippen LogP) is 2.58. The second-order valence-electron chi connectivity index (χ2n) is 4.33. The molecule has 2 aromatic rings. The van der Waals surface area contributed by atoms with Crippen LogP contribution >= 0.6 is 11.3 Å². The minimum Gasteiger partial charge on any atom is -0.341 e. The van der Waals surface area contributed by atoms with Gasteiger partial charge in [-0.25, -0.2) is 0 Å². The normalized spacial score (nSPS) is 10.8. The molecule has 1 aromatic carbocycles. The van der Waals surface area contributed by atoms with Gasteiger partial charge in [0.05, 0.1) is 4.88 Å². The van der Waals surface area contributed by atoms with Gasteiger partial charge in [-0.05, 0) is 37.5 Å². The molecule has 1 N–H and O–H groups in total. The first kappa shape index (κ1) is 13.1. The number of hydrogen-bond acceptors (Lipinski definition) is 3. The highest BCUT2D eigenvalue weighted by Crippen LogP contribution is 2.25. The molecule has 18 heavy (non-hydrogen) atoms. The van der Waals surface area contributed by atoms with E-state index in [1.165, 1.54) is 4.70 Å². The van der Waals surface area contributed by atoms with Crippen LogP contribution in [0.2, 0.25) is 0 Å². The highest BCUT2D eigenvalue weighted by molar-refractivity contribution is 7.20. The molecular weight excluding hydrogens is 244 g/mol. The van der Waals surface area contributed by atoms with E-state index in [0.29, 0.717) is 0 Å². The Bertz CT molecular complexity index is 502. The monoisotopic (exact) mass is 262 g/mol. The Morgan fingerprint density at radius 2 is 2.17 bits per heavy atom. The fourth-order valence-electron chi connectivity index (χ4n) is 1.87. The van der Waals surface area contributed by atoms with Gasteiger partial charge >= 0.3 is 0 Å². The zero-order chi connectivity index (χ0) is 13.0. The second kappa shape index (κ2) is 5.98. The Morgan fingerprint density at radius 3 is 2.89 bits per heavy atom. The van der Waals surface area contributed by atoms with E-state index in [0.717, 1.165) is 29.8 Å². The van der Waals surface area contributed by atoms with Gasteiger partial charge in [0.1, 0.15) is 0 Å². The van der Waals surface area contributed by atoms with Crippen molar-refractivity contribution in [1.29, 1.82) is 0 Å². The molecule has 1 amide bonds. The third-order valence-electron chi connectivity index (χ3n) is 2.90. The van der Waals surface area contributed by atoms with Gasteiger partial charge in [-0.2, -0.15) is 0 Å². The number of fused-ring (bicyclic) bond motifs is 1. The lowest BCUT2D eigenvalue weighted by atomic mass is 10.2. The van der Waals surface area contributed by atoms with Gasteiger partial charge in [-0.3, -0.25) is 4.79 Å². The summed E-state index contributed by atoms with van der Waals surface area (Å²) in [5.74, 6) is 0.118. The highest BCUT2D eigenvalue weighted by atomic mass is 32.1. The Labute approximate surface area is 111 Å². The molecule has 0 saturated carbocycles. The summed E-state index contributed by atoms with van der Waals surface area (Å²) < 4.78 is 1.17. The summed E-state index contributed by atoms with van der Waals surface area (Å²) in [6, 6.07) is 10.1. The van der Waals surface area contributed by atoms with Crippen molar-refractivity contribution in [2.75, 3.05) is 27.2 Å². The Kier molecular flexibility index (Phi) is 4.33. The van der Waals surface area contributed by atoms with Gasteiger partial charge in [0.2, 0.25) is 0 Å². The number of hydrogen-bond donors (Lipinski definition) is 1. The van der Waals surface area contributed by atoms with Gasteiger partial charge in [0.15, 0.2) is 0 Å². The van der Waals surface area contributed by atoms with Crippen molar-refractivity contribution >= 4 is 27.3 Å². The molecular formula is C14H18N2OS. The fraction of sp³-hybridized carbons (Fsp3) is 0.357. The van der Waals surface area contributed by atoms with Crippen LogP contribution in [0.1, 0.15) is 16.1 Å². The average Bonchev–Trinajstić information content (AvgIpc) is 2.81. The molecule has 0 saturated heterocycles. The molecule has 0 radical (unpaired) electrons. The molecule has 0 fully saturated rings. The minimum absolute atomic E-state index is 0.118. The molecule has 1 aromatic heterocycles. The van der Waals surface area contributed by atoms with Crippen LogP contribution in [0, 0.1) is 0 Å². The highest BCUT2D eigenvalue weighted by Gasteiger charge is 2.14. The van der Waals surface area contributed by atoms with Crippen LogP contribution in [-0.4, -0.2) is 38.0 Å². The van der Waals surface area contributed by atoms with Crippen molar-refractivity contribution in [3.8, 4) is 0 Å². The van der Waals surface area contributed by atoms with Gasteiger partial charge in [0.25, 0.3) is 5.91 Å². The standard InChI is InChI=1S/C14H18N2OS/c1-15-8-5-9-16(2)14(17)13-10-11-6-3-4-7-12(11)18-13/h3-4,6-7,10,15H,5,8-9H2,1-2H3. The van der Waals surface area contributed by atoms with E-state index in [1.807, 2.05) is 38.4 Å². The van der Waals surface area contributed by atoms with Crippen molar-refractivity contribution in [3.05, 3.63) is 35.2 Å². The van der Waals surface area contributed by atoms with Crippen molar-refractivity contribution < 1.29 is 4.79 Å². The van der Waals surface area contributed by atoms with Gasteiger partial charge in [0, 0.05) is 18.3 Å². The molecule has 0 unspecified atom stereocenters. The molecule has 0 bridgehead atoms. The summed E-state index contributed by atoms with van der Waals surface area (Å²) in [4.78, 5) is 14.8.